The molecule has 0 fully saturated rings. The Hall–Kier alpha value is -2.64. The van der Waals surface area contributed by atoms with Crippen molar-refractivity contribution in [2.24, 2.45) is 0 Å². The second kappa shape index (κ2) is 23.3. The lowest BCUT2D eigenvalue weighted by Crippen LogP contribution is -2.15. The maximum Gasteiger partial charge on any atom is 0.119 e. The van der Waals surface area contributed by atoms with E-state index >= 15 is 0 Å². The van der Waals surface area contributed by atoms with Crippen molar-refractivity contribution in [2.45, 2.75) is 0 Å². The van der Waals surface area contributed by atoms with Crippen LogP contribution in [0.5, 0.6) is 23.0 Å². The van der Waals surface area contributed by atoms with Crippen molar-refractivity contribution in [1.29, 1.82) is 0 Å². The lowest BCUT2D eigenvalue weighted by Gasteiger charge is -2.09. The molecule has 0 aliphatic carbocycles. The highest BCUT2D eigenvalue weighted by atomic mass is 16.6. The summed E-state index contributed by atoms with van der Waals surface area (Å²) in [5.74, 6) is 1.80. The van der Waals surface area contributed by atoms with Gasteiger partial charge in [-0.15, -0.1) is 0 Å². The number of hydrogen-bond acceptors (Lipinski definition) is 11. The van der Waals surface area contributed by atoms with Crippen LogP contribution in [0.15, 0.2) is 48.5 Å². The number of benzene rings is 2. The van der Waals surface area contributed by atoms with Gasteiger partial charge in [0.2, 0.25) is 0 Å². The van der Waals surface area contributed by atoms with Gasteiger partial charge in [0, 0.05) is 0 Å². The zero-order chi connectivity index (χ0) is 27.6. The summed E-state index contributed by atoms with van der Waals surface area (Å²) in [7, 11) is 0. The van der Waals surface area contributed by atoms with E-state index < -0.39 is 0 Å². The molecule has 0 unspecified atom stereocenters. The van der Waals surface area contributed by atoms with E-state index in [0.29, 0.717) is 117 Å². The second-order valence-electron chi connectivity index (χ2n) is 7.97. The molecule has 0 bridgehead atoms. The van der Waals surface area contributed by atoms with Gasteiger partial charge in [-0.3, -0.25) is 0 Å². The van der Waals surface area contributed by atoms with Crippen LogP contribution in [0.3, 0.4) is 0 Å². The largest absolute Gasteiger partial charge is 0.508 e. The van der Waals surface area contributed by atoms with Crippen molar-refractivity contribution >= 4 is 0 Å². The summed E-state index contributed by atoms with van der Waals surface area (Å²) in [6, 6.07) is 13.1. The third-order valence-electron chi connectivity index (χ3n) is 4.90. The third-order valence-corrected chi connectivity index (χ3v) is 4.90. The fourth-order valence-corrected chi connectivity index (χ4v) is 2.94. The normalized spacial score (nSPS) is 11.1. The van der Waals surface area contributed by atoms with Gasteiger partial charge in [0.1, 0.15) is 36.2 Å². The van der Waals surface area contributed by atoms with Crippen molar-refractivity contribution in [3.8, 4) is 23.0 Å². The molecule has 2 N–H and O–H groups in total. The smallest absolute Gasteiger partial charge is 0.119 e. The molecule has 2 aromatic rings. The van der Waals surface area contributed by atoms with Crippen molar-refractivity contribution in [1.82, 2.24) is 0 Å². The van der Waals surface area contributed by atoms with Crippen LogP contribution >= 0.6 is 0 Å². The summed E-state index contributed by atoms with van der Waals surface area (Å²) >= 11 is 0. The van der Waals surface area contributed by atoms with E-state index in [4.69, 9.17) is 42.6 Å². The Labute approximate surface area is 230 Å². The Morgan fingerprint density at radius 2 is 0.513 bits per heavy atom. The Kier molecular flexibility index (Phi) is 19.4. The summed E-state index contributed by atoms with van der Waals surface area (Å²) in [4.78, 5) is 0. The van der Waals surface area contributed by atoms with Crippen molar-refractivity contribution in [2.75, 3.05) is 106 Å². The zero-order valence-electron chi connectivity index (χ0n) is 22.5. The number of rotatable bonds is 26. The first kappa shape index (κ1) is 32.6. The summed E-state index contributed by atoms with van der Waals surface area (Å²) in [5.41, 5.74) is 0. The highest BCUT2D eigenvalue weighted by Gasteiger charge is 1.97. The maximum atomic E-state index is 9.22. The summed E-state index contributed by atoms with van der Waals surface area (Å²) in [6.45, 7) is 7.72. The van der Waals surface area contributed by atoms with E-state index in [-0.39, 0.29) is 11.5 Å². The summed E-state index contributed by atoms with van der Waals surface area (Å²) in [5, 5.41) is 18.4. The van der Waals surface area contributed by atoms with Crippen molar-refractivity contribution < 1.29 is 52.8 Å². The first-order valence-electron chi connectivity index (χ1n) is 13.1. The minimum atomic E-state index is 0.210. The predicted octanol–water partition coefficient (Wildman–Crippen LogP) is 2.67. The molecule has 2 aromatic carbocycles. The molecule has 0 radical (unpaired) electrons. The van der Waals surface area contributed by atoms with E-state index in [0.717, 1.165) is 0 Å². The predicted molar refractivity (Wildman–Crippen MR) is 143 cm³/mol. The second-order valence-corrected chi connectivity index (χ2v) is 7.97. The molecule has 2 rings (SSSR count). The Morgan fingerprint density at radius 1 is 0.308 bits per heavy atom. The molecule has 0 saturated carbocycles. The van der Waals surface area contributed by atoms with Crippen LogP contribution in [0, 0.1) is 0 Å². The summed E-state index contributed by atoms with van der Waals surface area (Å²) < 4.78 is 49.1. The van der Waals surface area contributed by atoms with Gasteiger partial charge in [-0.2, -0.15) is 0 Å². The number of phenols is 2. The van der Waals surface area contributed by atoms with Crippen LogP contribution < -0.4 is 9.47 Å². The zero-order valence-corrected chi connectivity index (χ0v) is 22.5. The number of ether oxygens (including phenoxy) is 9. The fraction of sp³-hybridized carbons (Fsp3) is 0.571. The average Bonchev–Trinajstić information content (AvgIpc) is 2.95. The molecule has 0 aromatic heterocycles. The average molecular weight is 555 g/mol. The van der Waals surface area contributed by atoms with E-state index in [1.165, 1.54) is 0 Å². The Balaban J connectivity index is 1.18. The molecule has 0 spiro atoms. The van der Waals surface area contributed by atoms with Gasteiger partial charge in [0.05, 0.1) is 92.5 Å². The molecule has 0 aliphatic rings. The first-order chi connectivity index (χ1) is 19.2. The van der Waals surface area contributed by atoms with Gasteiger partial charge in [0.25, 0.3) is 0 Å². The fourth-order valence-electron chi connectivity index (χ4n) is 2.94. The third kappa shape index (κ3) is 19.1. The van der Waals surface area contributed by atoms with Gasteiger partial charge >= 0.3 is 0 Å². The molecule has 0 aliphatic heterocycles. The molecule has 0 saturated heterocycles. The minimum absolute atomic E-state index is 0.210. The SMILES string of the molecule is Oc1ccc(OCCOCCOCCOCCOCCOCCOCCOCCOc2ccc(O)cc2)cc1. The molecule has 39 heavy (non-hydrogen) atoms. The topological polar surface area (TPSA) is 124 Å². The lowest BCUT2D eigenvalue weighted by molar-refractivity contribution is -0.0218. The highest BCUT2D eigenvalue weighted by Crippen LogP contribution is 2.16. The molecule has 0 heterocycles. The first-order valence-corrected chi connectivity index (χ1v) is 13.1. The van der Waals surface area contributed by atoms with Gasteiger partial charge in [-0.25, -0.2) is 0 Å². The van der Waals surface area contributed by atoms with Crippen LogP contribution in [0.25, 0.3) is 0 Å². The standard InChI is InChI=1S/C28H42O11/c29-25-1-5-27(6-2-25)38-23-21-36-19-17-34-15-13-32-11-9-31-10-12-33-14-16-35-18-20-37-22-24-39-28-7-3-26(30)4-8-28/h1-8,29-30H,9-24H2. The van der Waals surface area contributed by atoms with Gasteiger partial charge in [-0.1, -0.05) is 0 Å². The van der Waals surface area contributed by atoms with Crippen molar-refractivity contribution in [3.05, 3.63) is 48.5 Å². The van der Waals surface area contributed by atoms with Crippen LogP contribution in [0.2, 0.25) is 0 Å². The molecule has 11 heteroatoms. The minimum Gasteiger partial charge on any atom is -0.508 e. The Morgan fingerprint density at radius 3 is 0.744 bits per heavy atom. The summed E-state index contributed by atoms with van der Waals surface area (Å²) in [6.07, 6.45) is 0. The molecule has 11 nitrogen and oxygen atoms in total. The molecule has 0 atom stereocenters. The van der Waals surface area contributed by atoms with Crippen LogP contribution in [-0.2, 0) is 33.2 Å². The van der Waals surface area contributed by atoms with Gasteiger partial charge < -0.3 is 52.8 Å². The lowest BCUT2D eigenvalue weighted by atomic mass is 10.3. The monoisotopic (exact) mass is 554 g/mol. The van der Waals surface area contributed by atoms with E-state index in [9.17, 15) is 10.2 Å². The number of phenolic OH excluding ortho intramolecular Hbond substituents is 2. The van der Waals surface area contributed by atoms with E-state index in [2.05, 4.69) is 0 Å². The Bertz CT molecular complexity index is 735. The van der Waals surface area contributed by atoms with Gasteiger partial charge in [-0.05, 0) is 48.5 Å². The molecular formula is C28H42O11. The van der Waals surface area contributed by atoms with Crippen LogP contribution in [0.4, 0.5) is 0 Å². The number of aromatic hydroxyl groups is 2. The molecular weight excluding hydrogens is 512 g/mol. The highest BCUT2D eigenvalue weighted by molar-refractivity contribution is 5.30. The van der Waals surface area contributed by atoms with E-state index in [1.807, 2.05) is 0 Å². The quantitative estimate of drug-likeness (QED) is 0.167. The van der Waals surface area contributed by atoms with Crippen molar-refractivity contribution in [3.63, 3.8) is 0 Å². The van der Waals surface area contributed by atoms with Crippen LogP contribution in [0.1, 0.15) is 0 Å². The molecule has 220 valence electrons. The number of hydrogen-bond donors (Lipinski definition) is 2. The molecule has 0 amide bonds. The van der Waals surface area contributed by atoms with Crippen LogP contribution in [-0.4, -0.2) is 116 Å². The van der Waals surface area contributed by atoms with Gasteiger partial charge in [0.15, 0.2) is 0 Å². The maximum absolute atomic E-state index is 9.22. The van der Waals surface area contributed by atoms with E-state index in [1.54, 1.807) is 48.5 Å².